The van der Waals surface area contributed by atoms with Crippen molar-refractivity contribution in [2.75, 3.05) is 18.9 Å². The number of carbonyl (C=O) groups is 2. The third kappa shape index (κ3) is 4.18. The molecule has 0 radical (unpaired) electrons. The topological polar surface area (TPSA) is 75.4 Å². The molecule has 0 saturated carbocycles. The van der Waals surface area contributed by atoms with Gasteiger partial charge in [0.1, 0.15) is 0 Å². The number of benzene rings is 1. The lowest BCUT2D eigenvalue weighted by Gasteiger charge is -2.18. The maximum Gasteiger partial charge on any atom is 0.243 e. The molecule has 0 heterocycles. The number of aryl methyl sites for hydroxylation is 1. The summed E-state index contributed by atoms with van der Waals surface area (Å²) >= 11 is 0. The summed E-state index contributed by atoms with van der Waals surface area (Å²) in [7, 11) is 1.56. The standard InChI is InChI=1S/C13H19N3O2/c1-9-4-6-11(7-5-9)15-12(17)8-16(3)13(18)10(2)14/h4-7,10H,8,14H2,1-3H3,(H,15,17). The van der Waals surface area contributed by atoms with Gasteiger partial charge in [0.2, 0.25) is 11.8 Å². The first kappa shape index (κ1) is 14.2. The number of hydrogen-bond acceptors (Lipinski definition) is 3. The van der Waals surface area contributed by atoms with E-state index < -0.39 is 6.04 Å². The van der Waals surface area contributed by atoms with E-state index in [-0.39, 0.29) is 18.4 Å². The zero-order valence-corrected chi connectivity index (χ0v) is 10.9. The van der Waals surface area contributed by atoms with Gasteiger partial charge in [-0.1, -0.05) is 17.7 Å². The van der Waals surface area contributed by atoms with Gasteiger partial charge in [-0.2, -0.15) is 0 Å². The van der Waals surface area contributed by atoms with E-state index in [1.165, 1.54) is 4.90 Å². The number of nitrogens with zero attached hydrogens (tertiary/aromatic N) is 1. The van der Waals surface area contributed by atoms with Crippen molar-refractivity contribution >= 4 is 17.5 Å². The molecule has 2 amide bonds. The molecular formula is C13H19N3O2. The fraction of sp³-hybridized carbons (Fsp3) is 0.385. The SMILES string of the molecule is Cc1ccc(NC(=O)CN(C)C(=O)C(C)N)cc1. The quantitative estimate of drug-likeness (QED) is 0.826. The molecule has 0 fully saturated rings. The van der Waals surface area contributed by atoms with E-state index in [1.54, 1.807) is 14.0 Å². The molecule has 1 aromatic carbocycles. The Morgan fingerprint density at radius 2 is 1.89 bits per heavy atom. The molecule has 0 saturated heterocycles. The number of anilines is 1. The highest BCUT2D eigenvalue weighted by Gasteiger charge is 2.16. The zero-order valence-electron chi connectivity index (χ0n) is 10.9. The minimum Gasteiger partial charge on any atom is -0.335 e. The van der Waals surface area contributed by atoms with Gasteiger partial charge in [0.25, 0.3) is 0 Å². The Morgan fingerprint density at radius 3 is 2.39 bits per heavy atom. The molecule has 1 rings (SSSR count). The lowest BCUT2D eigenvalue weighted by Crippen LogP contribution is -2.43. The fourth-order valence-electron chi connectivity index (χ4n) is 1.48. The van der Waals surface area contributed by atoms with Crippen molar-refractivity contribution in [1.82, 2.24) is 4.90 Å². The Labute approximate surface area is 107 Å². The van der Waals surface area contributed by atoms with Gasteiger partial charge in [-0.3, -0.25) is 9.59 Å². The van der Waals surface area contributed by atoms with Gasteiger partial charge in [0.05, 0.1) is 12.6 Å². The summed E-state index contributed by atoms with van der Waals surface area (Å²) < 4.78 is 0. The summed E-state index contributed by atoms with van der Waals surface area (Å²) in [5, 5.41) is 2.72. The van der Waals surface area contributed by atoms with Gasteiger partial charge in [0.15, 0.2) is 0 Å². The third-order valence-corrected chi connectivity index (χ3v) is 2.48. The second-order valence-corrected chi connectivity index (χ2v) is 4.40. The normalized spacial score (nSPS) is 11.8. The number of likely N-dealkylation sites (N-methyl/N-ethyl adjacent to an activating group) is 1. The van der Waals surface area contributed by atoms with Crippen molar-refractivity contribution in [3.8, 4) is 0 Å². The van der Waals surface area contributed by atoms with Crippen LogP contribution in [0, 0.1) is 6.92 Å². The number of rotatable bonds is 4. The molecule has 0 aromatic heterocycles. The van der Waals surface area contributed by atoms with E-state index in [0.29, 0.717) is 5.69 Å². The van der Waals surface area contributed by atoms with E-state index in [0.717, 1.165) is 5.56 Å². The highest BCUT2D eigenvalue weighted by Crippen LogP contribution is 2.08. The summed E-state index contributed by atoms with van der Waals surface area (Å²) in [6.07, 6.45) is 0. The average Bonchev–Trinajstić information content (AvgIpc) is 2.30. The molecule has 5 nitrogen and oxygen atoms in total. The van der Waals surface area contributed by atoms with E-state index in [2.05, 4.69) is 5.32 Å². The zero-order chi connectivity index (χ0) is 13.7. The van der Waals surface area contributed by atoms with Crippen molar-refractivity contribution in [3.05, 3.63) is 29.8 Å². The van der Waals surface area contributed by atoms with Crippen molar-refractivity contribution < 1.29 is 9.59 Å². The van der Waals surface area contributed by atoms with Gasteiger partial charge in [-0.15, -0.1) is 0 Å². The van der Waals surface area contributed by atoms with Crippen LogP contribution in [0.25, 0.3) is 0 Å². The molecule has 3 N–H and O–H groups in total. The first-order chi connectivity index (χ1) is 8.40. The van der Waals surface area contributed by atoms with Gasteiger partial charge >= 0.3 is 0 Å². The highest BCUT2D eigenvalue weighted by molar-refractivity contribution is 5.95. The lowest BCUT2D eigenvalue weighted by molar-refractivity contribution is -0.134. The molecule has 0 bridgehead atoms. The second kappa shape index (κ2) is 6.16. The number of carbonyl (C=O) groups excluding carboxylic acids is 2. The van der Waals surface area contributed by atoms with Crippen LogP contribution in [0.1, 0.15) is 12.5 Å². The van der Waals surface area contributed by atoms with Crippen molar-refractivity contribution in [2.24, 2.45) is 5.73 Å². The van der Waals surface area contributed by atoms with Crippen LogP contribution in [-0.2, 0) is 9.59 Å². The summed E-state index contributed by atoms with van der Waals surface area (Å²) in [4.78, 5) is 24.5. The summed E-state index contributed by atoms with van der Waals surface area (Å²) in [5.41, 5.74) is 7.30. The molecule has 18 heavy (non-hydrogen) atoms. The Balaban J connectivity index is 2.51. The minimum absolute atomic E-state index is 0.00570. The first-order valence-electron chi connectivity index (χ1n) is 5.77. The Hall–Kier alpha value is -1.88. The molecule has 1 aromatic rings. The average molecular weight is 249 g/mol. The number of nitrogens with two attached hydrogens (primary N) is 1. The predicted octanol–water partition coefficient (Wildman–Crippen LogP) is 0.739. The van der Waals surface area contributed by atoms with Gasteiger partial charge < -0.3 is 16.0 Å². The van der Waals surface area contributed by atoms with Crippen LogP contribution in [0.4, 0.5) is 5.69 Å². The smallest absolute Gasteiger partial charge is 0.243 e. The monoisotopic (exact) mass is 249 g/mol. The van der Waals surface area contributed by atoms with Crippen LogP contribution in [0.5, 0.6) is 0 Å². The first-order valence-corrected chi connectivity index (χ1v) is 5.77. The van der Waals surface area contributed by atoms with Gasteiger partial charge in [0, 0.05) is 12.7 Å². The summed E-state index contributed by atoms with van der Waals surface area (Å²) in [6, 6.07) is 6.86. The molecular weight excluding hydrogens is 230 g/mol. The fourth-order valence-corrected chi connectivity index (χ4v) is 1.48. The summed E-state index contributed by atoms with van der Waals surface area (Å²) in [5.74, 6) is -0.496. The molecule has 0 aliphatic rings. The molecule has 0 aliphatic carbocycles. The van der Waals surface area contributed by atoms with Crippen molar-refractivity contribution in [2.45, 2.75) is 19.9 Å². The second-order valence-electron chi connectivity index (χ2n) is 4.40. The van der Waals surface area contributed by atoms with Crippen molar-refractivity contribution in [1.29, 1.82) is 0 Å². The van der Waals surface area contributed by atoms with Gasteiger partial charge in [-0.05, 0) is 26.0 Å². The van der Waals surface area contributed by atoms with Crippen LogP contribution in [0.15, 0.2) is 24.3 Å². The largest absolute Gasteiger partial charge is 0.335 e. The van der Waals surface area contributed by atoms with Crippen molar-refractivity contribution in [3.63, 3.8) is 0 Å². The Morgan fingerprint density at radius 1 is 1.33 bits per heavy atom. The molecule has 98 valence electrons. The third-order valence-electron chi connectivity index (χ3n) is 2.48. The summed E-state index contributed by atoms with van der Waals surface area (Å²) in [6.45, 7) is 3.56. The molecule has 1 unspecified atom stereocenters. The van der Waals surface area contributed by atoms with E-state index >= 15 is 0 Å². The molecule has 0 aliphatic heterocycles. The van der Waals surface area contributed by atoms with E-state index in [1.807, 2.05) is 31.2 Å². The van der Waals surface area contributed by atoms with E-state index in [4.69, 9.17) is 5.73 Å². The molecule has 0 spiro atoms. The molecule has 1 atom stereocenters. The van der Waals surface area contributed by atoms with Crippen LogP contribution in [-0.4, -0.2) is 36.3 Å². The maximum atomic E-state index is 11.7. The van der Waals surface area contributed by atoms with E-state index in [9.17, 15) is 9.59 Å². The maximum absolute atomic E-state index is 11.7. The Kier molecular flexibility index (Phi) is 4.85. The number of hydrogen-bond donors (Lipinski definition) is 2. The number of amides is 2. The molecule has 5 heteroatoms. The van der Waals surface area contributed by atoms with Crippen LogP contribution in [0.2, 0.25) is 0 Å². The minimum atomic E-state index is -0.595. The number of nitrogens with one attached hydrogen (secondary N) is 1. The van der Waals surface area contributed by atoms with Gasteiger partial charge in [-0.25, -0.2) is 0 Å². The van der Waals surface area contributed by atoms with Crippen LogP contribution < -0.4 is 11.1 Å². The van der Waals surface area contributed by atoms with Crippen LogP contribution in [0.3, 0.4) is 0 Å². The van der Waals surface area contributed by atoms with Crippen LogP contribution >= 0.6 is 0 Å². The Bertz CT molecular complexity index is 426. The lowest BCUT2D eigenvalue weighted by atomic mass is 10.2. The predicted molar refractivity (Wildman–Crippen MR) is 71.1 cm³/mol. The highest BCUT2D eigenvalue weighted by atomic mass is 16.2.